The normalized spacial score (nSPS) is 22.2. The molecule has 0 amide bonds. The highest BCUT2D eigenvalue weighted by atomic mass is 35.5. The number of aryl methyl sites for hydroxylation is 1. The van der Waals surface area contributed by atoms with Crippen LogP contribution in [0.15, 0.2) is 18.2 Å². The lowest BCUT2D eigenvalue weighted by Gasteiger charge is -2.26. The first-order chi connectivity index (χ1) is 10.2. The molecule has 0 heterocycles. The third kappa shape index (κ3) is 5.50. The molecule has 0 aliphatic heterocycles. The Morgan fingerprint density at radius 1 is 1.24 bits per heavy atom. The van der Waals surface area contributed by atoms with Crippen LogP contribution in [0.2, 0.25) is 5.02 Å². The van der Waals surface area contributed by atoms with Crippen LogP contribution >= 0.6 is 11.6 Å². The zero-order chi connectivity index (χ0) is 15.1. The molecule has 1 aromatic rings. The van der Waals surface area contributed by atoms with Crippen molar-refractivity contribution >= 4 is 11.6 Å². The molecule has 1 saturated carbocycles. The van der Waals surface area contributed by atoms with Crippen LogP contribution in [0.1, 0.15) is 44.1 Å². The molecule has 1 fully saturated rings. The Balaban J connectivity index is 1.56. The number of aliphatic hydroxyl groups is 1. The van der Waals surface area contributed by atoms with E-state index < -0.39 is 0 Å². The summed E-state index contributed by atoms with van der Waals surface area (Å²) in [5.74, 6) is 0.813. The van der Waals surface area contributed by atoms with E-state index in [1.807, 2.05) is 25.1 Å². The van der Waals surface area contributed by atoms with Crippen LogP contribution in [0.3, 0.4) is 0 Å². The van der Waals surface area contributed by atoms with E-state index in [0.29, 0.717) is 17.7 Å². The standard InChI is InChI=1S/C17H26ClNO2/c1-13-5-4-6-16(18)17(13)21-12-3-2-11-19-14-7-9-15(20)10-8-14/h4-6,14-15,19-20H,2-3,7-12H2,1H3. The summed E-state index contributed by atoms with van der Waals surface area (Å²) in [6.45, 7) is 3.74. The lowest BCUT2D eigenvalue weighted by Crippen LogP contribution is -2.35. The van der Waals surface area contributed by atoms with E-state index in [2.05, 4.69) is 5.32 Å². The lowest BCUT2D eigenvalue weighted by molar-refractivity contribution is 0.116. The van der Waals surface area contributed by atoms with Crippen molar-refractivity contribution < 1.29 is 9.84 Å². The van der Waals surface area contributed by atoms with Crippen LogP contribution in [0.4, 0.5) is 0 Å². The van der Waals surface area contributed by atoms with Gasteiger partial charge in [-0.25, -0.2) is 0 Å². The van der Waals surface area contributed by atoms with Crippen LogP contribution in [-0.2, 0) is 0 Å². The number of aliphatic hydroxyl groups excluding tert-OH is 1. The highest BCUT2D eigenvalue weighted by Crippen LogP contribution is 2.27. The monoisotopic (exact) mass is 311 g/mol. The van der Waals surface area contributed by atoms with Crippen molar-refractivity contribution in [3.63, 3.8) is 0 Å². The molecule has 3 nitrogen and oxygen atoms in total. The molecular formula is C17H26ClNO2. The van der Waals surface area contributed by atoms with Gasteiger partial charge in [-0.2, -0.15) is 0 Å². The molecule has 0 saturated heterocycles. The Hall–Kier alpha value is -0.770. The molecule has 2 rings (SSSR count). The Morgan fingerprint density at radius 2 is 2.00 bits per heavy atom. The van der Waals surface area contributed by atoms with Crippen molar-refractivity contribution in [1.82, 2.24) is 5.32 Å². The van der Waals surface area contributed by atoms with E-state index in [0.717, 1.165) is 56.4 Å². The third-order valence-corrected chi connectivity index (χ3v) is 4.41. The zero-order valence-corrected chi connectivity index (χ0v) is 13.5. The molecule has 118 valence electrons. The van der Waals surface area contributed by atoms with Crippen LogP contribution in [0.5, 0.6) is 5.75 Å². The predicted octanol–water partition coefficient (Wildman–Crippen LogP) is 3.70. The van der Waals surface area contributed by atoms with Crippen LogP contribution in [0.25, 0.3) is 0 Å². The largest absolute Gasteiger partial charge is 0.492 e. The average Bonchev–Trinajstić information content (AvgIpc) is 2.47. The van der Waals surface area contributed by atoms with Gasteiger partial charge in [0.15, 0.2) is 0 Å². The van der Waals surface area contributed by atoms with Crippen LogP contribution in [0, 0.1) is 6.92 Å². The van der Waals surface area contributed by atoms with E-state index in [4.69, 9.17) is 16.3 Å². The van der Waals surface area contributed by atoms with Gasteiger partial charge in [0.2, 0.25) is 0 Å². The Kier molecular flexibility index (Phi) is 6.81. The second-order valence-electron chi connectivity index (χ2n) is 5.90. The summed E-state index contributed by atoms with van der Waals surface area (Å²) in [4.78, 5) is 0. The second-order valence-corrected chi connectivity index (χ2v) is 6.31. The quantitative estimate of drug-likeness (QED) is 0.754. The fourth-order valence-electron chi connectivity index (χ4n) is 2.79. The molecule has 0 aromatic heterocycles. The fraction of sp³-hybridized carbons (Fsp3) is 0.647. The summed E-state index contributed by atoms with van der Waals surface area (Å²) in [5.41, 5.74) is 1.08. The minimum absolute atomic E-state index is 0.0738. The summed E-state index contributed by atoms with van der Waals surface area (Å²) in [6, 6.07) is 6.40. The zero-order valence-electron chi connectivity index (χ0n) is 12.8. The maximum Gasteiger partial charge on any atom is 0.140 e. The van der Waals surface area contributed by atoms with Gasteiger partial charge in [0, 0.05) is 6.04 Å². The SMILES string of the molecule is Cc1cccc(Cl)c1OCCCCNC1CCC(O)CC1. The van der Waals surface area contributed by atoms with Gasteiger partial charge in [0.25, 0.3) is 0 Å². The highest BCUT2D eigenvalue weighted by Gasteiger charge is 2.18. The molecule has 1 aliphatic carbocycles. The van der Waals surface area contributed by atoms with Crippen molar-refractivity contribution in [3.05, 3.63) is 28.8 Å². The molecular weight excluding hydrogens is 286 g/mol. The maximum atomic E-state index is 9.47. The molecule has 0 bridgehead atoms. The van der Waals surface area contributed by atoms with E-state index in [1.54, 1.807) is 0 Å². The number of nitrogens with one attached hydrogen (secondary N) is 1. The van der Waals surface area contributed by atoms with Gasteiger partial charge in [-0.05, 0) is 63.6 Å². The Bertz CT molecular complexity index is 411. The van der Waals surface area contributed by atoms with Gasteiger partial charge in [-0.15, -0.1) is 0 Å². The summed E-state index contributed by atoms with van der Waals surface area (Å²) in [6.07, 6.45) is 6.11. The fourth-order valence-corrected chi connectivity index (χ4v) is 3.06. The Morgan fingerprint density at radius 3 is 2.71 bits per heavy atom. The van der Waals surface area contributed by atoms with Gasteiger partial charge in [-0.3, -0.25) is 0 Å². The van der Waals surface area contributed by atoms with Gasteiger partial charge in [-0.1, -0.05) is 23.7 Å². The molecule has 0 atom stereocenters. The van der Waals surface area contributed by atoms with Crippen molar-refractivity contribution in [2.24, 2.45) is 0 Å². The van der Waals surface area contributed by atoms with Gasteiger partial charge >= 0.3 is 0 Å². The smallest absolute Gasteiger partial charge is 0.140 e. The van der Waals surface area contributed by atoms with Crippen LogP contribution < -0.4 is 10.1 Å². The molecule has 1 aromatic carbocycles. The van der Waals surface area contributed by atoms with Crippen molar-refractivity contribution in [2.75, 3.05) is 13.2 Å². The van der Waals surface area contributed by atoms with Crippen molar-refractivity contribution in [3.8, 4) is 5.75 Å². The first-order valence-corrected chi connectivity index (χ1v) is 8.34. The van der Waals surface area contributed by atoms with E-state index >= 15 is 0 Å². The van der Waals surface area contributed by atoms with E-state index in [1.165, 1.54) is 0 Å². The summed E-state index contributed by atoms with van der Waals surface area (Å²) >= 11 is 6.13. The number of hydrogen-bond acceptors (Lipinski definition) is 3. The minimum atomic E-state index is -0.0738. The van der Waals surface area contributed by atoms with Crippen LogP contribution in [-0.4, -0.2) is 30.4 Å². The molecule has 4 heteroatoms. The number of benzene rings is 1. The average molecular weight is 312 g/mol. The molecule has 2 N–H and O–H groups in total. The number of para-hydroxylation sites is 1. The van der Waals surface area contributed by atoms with Gasteiger partial charge in [0.05, 0.1) is 17.7 Å². The van der Waals surface area contributed by atoms with Crippen molar-refractivity contribution in [2.45, 2.75) is 57.6 Å². The number of ether oxygens (including phenoxy) is 1. The first kappa shape index (κ1) is 16.6. The van der Waals surface area contributed by atoms with E-state index in [-0.39, 0.29) is 6.10 Å². The lowest BCUT2D eigenvalue weighted by atomic mass is 9.93. The molecule has 0 unspecified atom stereocenters. The van der Waals surface area contributed by atoms with Gasteiger partial charge < -0.3 is 15.2 Å². The topological polar surface area (TPSA) is 41.5 Å². The number of halogens is 1. The number of unbranched alkanes of at least 4 members (excludes halogenated alkanes) is 1. The summed E-state index contributed by atoms with van der Waals surface area (Å²) < 4.78 is 5.78. The minimum Gasteiger partial charge on any atom is -0.492 e. The molecule has 21 heavy (non-hydrogen) atoms. The van der Waals surface area contributed by atoms with E-state index in [9.17, 15) is 5.11 Å². The second kappa shape index (κ2) is 8.62. The van der Waals surface area contributed by atoms with Gasteiger partial charge in [0.1, 0.15) is 5.75 Å². The Labute approximate surface area is 132 Å². The number of rotatable bonds is 7. The highest BCUT2D eigenvalue weighted by molar-refractivity contribution is 6.32. The summed E-state index contributed by atoms with van der Waals surface area (Å²) in [7, 11) is 0. The number of hydrogen-bond donors (Lipinski definition) is 2. The predicted molar refractivity (Wildman–Crippen MR) is 87.2 cm³/mol. The molecule has 0 spiro atoms. The maximum absolute atomic E-state index is 9.47. The third-order valence-electron chi connectivity index (χ3n) is 4.11. The summed E-state index contributed by atoms with van der Waals surface area (Å²) in [5, 5.41) is 13.7. The van der Waals surface area contributed by atoms with Crippen molar-refractivity contribution in [1.29, 1.82) is 0 Å². The molecule has 0 radical (unpaired) electrons. The molecule has 1 aliphatic rings. The first-order valence-electron chi connectivity index (χ1n) is 7.96.